The number of carboxylic acids is 1. The Kier molecular flexibility index (Phi) is 4.69. The molecule has 1 aromatic carbocycles. The molecule has 1 aliphatic rings. The molecule has 2 atom stereocenters. The Hall–Kier alpha value is -1.79. The Morgan fingerprint density at radius 1 is 1.33 bits per heavy atom. The predicted molar refractivity (Wildman–Crippen MR) is 79.0 cm³/mol. The lowest BCUT2D eigenvalue weighted by Gasteiger charge is -2.35. The highest BCUT2D eigenvalue weighted by molar-refractivity contribution is 6.34. The molecular weight excluding hydrogens is 296 g/mol. The molecule has 0 radical (unpaired) electrons. The topological polar surface area (TPSA) is 78.9 Å². The van der Waals surface area contributed by atoms with E-state index in [1.165, 1.54) is 12.1 Å². The van der Waals surface area contributed by atoms with E-state index < -0.39 is 5.97 Å². The fourth-order valence-electron chi connectivity index (χ4n) is 2.38. The maximum atomic E-state index is 12.3. The number of carbonyl (C=O) groups is 2. The zero-order valence-electron chi connectivity index (χ0n) is 11.8. The van der Waals surface area contributed by atoms with Gasteiger partial charge in [0.25, 0.3) is 0 Å². The first-order chi connectivity index (χ1) is 9.88. The van der Waals surface area contributed by atoms with Gasteiger partial charge in [-0.2, -0.15) is 0 Å². The van der Waals surface area contributed by atoms with E-state index in [-0.39, 0.29) is 34.5 Å². The number of aromatic carboxylic acids is 1. The molecule has 114 valence electrons. The molecule has 7 heteroatoms. The molecule has 2 amide bonds. The monoisotopic (exact) mass is 312 g/mol. The summed E-state index contributed by atoms with van der Waals surface area (Å²) in [6.45, 7) is 4.69. The SMILES string of the molecule is CC1CN(C(=O)Nc2cccc(Cl)c2C(=O)O)CC(C)O1. The molecule has 0 aliphatic carbocycles. The van der Waals surface area contributed by atoms with Gasteiger partial charge in [-0.15, -0.1) is 0 Å². The van der Waals surface area contributed by atoms with Gasteiger partial charge in [-0.1, -0.05) is 17.7 Å². The molecule has 0 spiro atoms. The molecule has 2 unspecified atom stereocenters. The molecule has 0 bridgehead atoms. The molecular formula is C14H17ClN2O4. The van der Waals surface area contributed by atoms with Crippen LogP contribution in [0.4, 0.5) is 10.5 Å². The first kappa shape index (κ1) is 15.6. The fourth-order valence-corrected chi connectivity index (χ4v) is 2.64. The molecule has 21 heavy (non-hydrogen) atoms. The lowest BCUT2D eigenvalue weighted by atomic mass is 10.1. The smallest absolute Gasteiger partial charge is 0.339 e. The number of benzene rings is 1. The number of urea groups is 1. The van der Waals surface area contributed by atoms with Gasteiger partial charge in [0.05, 0.1) is 22.9 Å². The molecule has 0 saturated carbocycles. The van der Waals surface area contributed by atoms with Crippen molar-refractivity contribution < 1.29 is 19.4 Å². The van der Waals surface area contributed by atoms with Gasteiger partial charge in [0.1, 0.15) is 5.56 Å². The summed E-state index contributed by atoms with van der Waals surface area (Å²) >= 11 is 5.87. The van der Waals surface area contributed by atoms with Crippen LogP contribution in [-0.4, -0.2) is 47.3 Å². The van der Waals surface area contributed by atoms with Crippen molar-refractivity contribution in [3.63, 3.8) is 0 Å². The Balaban J connectivity index is 2.16. The van der Waals surface area contributed by atoms with Gasteiger partial charge in [0.2, 0.25) is 0 Å². The van der Waals surface area contributed by atoms with Crippen LogP contribution in [0.15, 0.2) is 18.2 Å². The van der Waals surface area contributed by atoms with Crippen molar-refractivity contribution in [1.82, 2.24) is 4.90 Å². The first-order valence-corrected chi connectivity index (χ1v) is 6.99. The average molecular weight is 313 g/mol. The van der Waals surface area contributed by atoms with Gasteiger partial charge >= 0.3 is 12.0 Å². The van der Waals surface area contributed by atoms with Crippen LogP contribution in [0.2, 0.25) is 5.02 Å². The Morgan fingerprint density at radius 2 is 1.95 bits per heavy atom. The quantitative estimate of drug-likeness (QED) is 0.880. The summed E-state index contributed by atoms with van der Waals surface area (Å²) in [5.41, 5.74) is 0.0775. The lowest BCUT2D eigenvalue weighted by Crippen LogP contribution is -2.49. The summed E-state index contributed by atoms with van der Waals surface area (Å²) in [4.78, 5) is 25.1. The maximum absolute atomic E-state index is 12.3. The third-order valence-electron chi connectivity index (χ3n) is 3.18. The van der Waals surface area contributed by atoms with E-state index in [1.54, 1.807) is 11.0 Å². The zero-order valence-corrected chi connectivity index (χ0v) is 12.6. The van der Waals surface area contributed by atoms with Gasteiger partial charge in [-0.25, -0.2) is 9.59 Å². The zero-order chi connectivity index (χ0) is 15.6. The predicted octanol–water partition coefficient (Wildman–Crippen LogP) is 2.68. The van der Waals surface area contributed by atoms with E-state index >= 15 is 0 Å². The Morgan fingerprint density at radius 3 is 2.52 bits per heavy atom. The molecule has 1 aromatic rings. The third-order valence-corrected chi connectivity index (χ3v) is 3.49. The number of ether oxygens (including phenoxy) is 1. The highest BCUT2D eigenvalue weighted by Gasteiger charge is 2.27. The number of hydrogen-bond donors (Lipinski definition) is 2. The summed E-state index contributed by atoms with van der Waals surface area (Å²) in [5.74, 6) is -1.18. The van der Waals surface area contributed by atoms with E-state index in [2.05, 4.69) is 5.32 Å². The van der Waals surface area contributed by atoms with Crippen LogP contribution >= 0.6 is 11.6 Å². The standard InChI is InChI=1S/C14H17ClN2O4/c1-8-6-17(7-9(2)21-8)14(20)16-11-5-3-4-10(15)12(11)13(18)19/h3-5,8-9H,6-7H2,1-2H3,(H,16,20)(H,18,19). The number of halogens is 1. The van der Waals surface area contributed by atoms with Crippen molar-refractivity contribution in [3.8, 4) is 0 Å². The molecule has 1 saturated heterocycles. The van der Waals surface area contributed by atoms with Crippen LogP contribution in [0, 0.1) is 0 Å². The highest BCUT2D eigenvalue weighted by atomic mass is 35.5. The van der Waals surface area contributed by atoms with Crippen molar-refractivity contribution in [3.05, 3.63) is 28.8 Å². The first-order valence-electron chi connectivity index (χ1n) is 6.61. The van der Waals surface area contributed by atoms with Crippen LogP contribution < -0.4 is 5.32 Å². The van der Waals surface area contributed by atoms with E-state index in [0.717, 1.165) is 0 Å². The van der Waals surface area contributed by atoms with E-state index in [0.29, 0.717) is 13.1 Å². The number of anilines is 1. The molecule has 2 N–H and O–H groups in total. The second-order valence-corrected chi connectivity index (χ2v) is 5.47. The fraction of sp³-hybridized carbons (Fsp3) is 0.429. The van der Waals surface area contributed by atoms with Crippen LogP contribution in [0.3, 0.4) is 0 Å². The third kappa shape index (κ3) is 3.65. The van der Waals surface area contributed by atoms with Gasteiger partial charge in [0.15, 0.2) is 0 Å². The average Bonchev–Trinajstić information content (AvgIpc) is 2.37. The summed E-state index contributed by atoms with van der Waals surface area (Å²) in [6, 6.07) is 4.22. The van der Waals surface area contributed by atoms with Crippen molar-refractivity contribution >= 4 is 29.3 Å². The largest absolute Gasteiger partial charge is 0.478 e. The second-order valence-electron chi connectivity index (χ2n) is 5.06. The minimum Gasteiger partial charge on any atom is -0.478 e. The van der Waals surface area contributed by atoms with E-state index in [1.807, 2.05) is 13.8 Å². The summed E-state index contributed by atoms with van der Waals surface area (Å²) in [7, 11) is 0. The van der Waals surface area contributed by atoms with E-state index in [9.17, 15) is 14.7 Å². The summed E-state index contributed by atoms with van der Waals surface area (Å²) in [5, 5.41) is 11.9. The number of hydrogen-bond acceptors (Lipinski definition) is 3. The number of morpholine rings is 1. The van der Waals surface area contributed by atoms with Crippen molar-refractivity contribution in [1.29, 1.82) is 0 Å². The molecule has 0 aromatic heterocycles. The number of amides is 2. The number of rotatable bonds is 2. The van der Waals surface area contributed by atoms with Gasteiger partial charge in [-0.05, 0) is 26.0 Å². The van der Waals surface area contributed by atoms with Gasteiger partial charge in [0, 0.05) is 13.1 Å². The minimum atomic E-state index is -1.18. The molecule has 6 nitrogen and oxygen atoms in total. The number of nitrogens with zero attached hydrogens (tertiary/aromatic N) is 1. The van der Waals surface area contributed by atoms with Crippen LogP contribution in [0.25, 0.3) is 0 Å². The van der Waals surface area contributed by atoms with Crippen LogP contribution in [0.5, 0.6) is 0 Å². The Labute approximate surface area is 127 Å². The molecule has 1 aliphatic heterocycles. The second kappa shape index (κ2) is 6.32. The molecule has 1 fully saturated rings. The molecule has 2 rings (SSSR count). The van der Waals surface area contributed by atoms with Crippen molar-refractivity contribution in [2.24, 2.45) is 0 Å². The van der Waals surface area contributed by atoms with E-state index in [4.69, 9.17) is 16.3 Å². The number of nitrogens with one attached hydrogen (secondary N) is 1. The Bertz CT molecular complexity index is 554. The minimum absolute atomic E-state index is 0.0576. The van der Waals surface area contributed by atoms with Crippen molar-refractivity contribution in [2.45, 2.75) is 26.1 Å². The highest BCUT2D eigenvalue weighted by Crippen LogP contribution is 2.25. The number of carboxylic acid groups (broad SMARTS) is 1. The normalized spacial score (nSPS) is 22.0. The van der Waals surface area contributed by atoms with Crippen LogP contribution in [0.1, 0.15) is 24.2 Å². The molecule has 1 heterocycles. The van der Waals surface area contributed by atoms with Gasteiger partial charge < -0.3 is 20.1 Å². The maximum Gasteiger partial charge on any atom is 0.339 e. The summed E-state index contributed by atoms with van der Waals surface area (Å²) < 4.78 is 5.56. The lowest BCUT2D eigenvalue weighted by molar-refractivity contribution is -0.0530. The van der Waals surface area contributed by atoms with Gasteiger partial charge in [-0.3, -0.25) is 0 Å². The summed E-state index contributed by atoms with van der Waals surface area (Å²) in [6.07, 6.45) is -0.115. The number of carbonyl (C=O) groups excluding carboxylic acids is 1. The van der Waals surface area contributed by atoms with Crippen molar-refractivity contribution in [2.75, 3.05) is 18.4 Å². The van der Waals surface area contributed by atoms with Crippen LogP contribution in [-0.2, 0) is 4.74 Å².